The molecular formula is C29H38N4O6. The molecule has 2 aromatic rings. The first-order valence-electron chi connectivity index (χ1n) is 13.3. The second-order valence-corrected chi connectivity index (χ2v) is 10.4. The molecule has 1 aliphatic heterocycles. The van der Waals surface area contributed by atoms with Gasteiger partial charge >= 0.3 is 5.97 Å². The van der Waals surface area contributed by atoms with Crippen molar-refractivity contribution in [3.8, 4) is 5.75 Å². The number of carbonyl (C=O) groups is 4. The van der Waals surface area contributed by atoms with Crippen molar-refractivity contribution < 1.29 is 29.4 Å². The molecule has 3 rings (SSSR count). The average molecular weight is 539 g/mol. The Hall–Kier alpha value is -3.92. The molecule has 3 amide bonds. The zero-order valence-corrected chi connectivity index (χ0v) is 22.4. The number of phenols is 1. The van der Waals surface area contributed by atoms with E-state index in [1.165, 1.54) is 12.1 Å². The van der Waals surface area contributed by atoms with Gasteiger partial charge in [-0.2, -0.15) is 0 Å². The molecule has 1 heterocycles. The number of hydrogen-bond donors (Lipinski definition) is 6. The van der Waals surface area contributed by atoms with E-state index >= 15 is 0 Å². The van der Waals surface area contributed by atoms with Crippen LogP contribution >= 0.6 is 0 Å². The topological polar surface area (TPSA) is 157 Å². The quantitative estimate of drug-likeness (QED) is 0.226. The fourth-order valence-corrected chi connectivity index (χ4v) is 4.56. The summed E-state index contributed by atoms with van der Waals surface area (Å²) < 4.78 is 0. The molecule has 1 fully saturated rings. The maximum atomic E-state index is 13.5. The molecule has 1 saturated heterocycles. The van der Waals surface area contributed by atoms with Crippen molar-refractivity contribution in [1.82, 2.24) is 21.3 Å². The fraction of sp³-hybridized carbons (Fsp3) is 0.448. The minimum absolute atomic E-state index is 0.0197. The summed E-state index contributed by atoms with van der Waals surface area (Å²) in [6.45, 7) is 4.51. The minimum atomic E-state index is -1.18. The SMILES string of the molecule is CC(C)CC(NC(=O)C(Cc1ccc(O)cc1)NC(=O)C1CCCN1)C(=O)NC(Cc1ccccc1)C(=O)O. The molecule has 1 aliphatic rings. The predicted molar refractivity (Wildman–Crippen MR) is 146 cm³/mol. The number of benzene rings is 2. The number of carboxylic acid groups (broad SMARTS) is 1. The van der Waals surface area contributed by atoms with Gasteiger partial charge in [-0.25, -0.2) is 4.79 Å². The van der Waals surface area contributed by atoms with Crippen LogP contribution in [0.5, 0.6) is 5.75 Å². The number of rotatable bonds is 13. The van der Waals surface area contributed by atoms with E-state index < -0.39 is 42.0 Å². The van der Waals surface area contributed by atoms with Crippen LogP contribution in [0, 0.1) is 5.92 Å². The van der Waals surface area contributed by atoms with Crippen molar-refractivity contribution in [3.05, 3.63) is 65.7 Å². The van der Waals surface area contributed by atoms with Crippen molar-refractivity contribution in [2.75, 3.05) is 6.54 Å². The number of carbonyl (C=O) groups excluding carboxylic acids is 3. The Morgan fingerprint density at radius 2 is 1.44 bits per heavy atom. The van der Waals surface area contributed by atoms with Crippen LogP contribution in [0.1, 0.15) is 44.2 Å². The first-order valence-corrected chi connectivity index (χ1v) is 13.3. The lowest BCUT2D eigenvalue weighted by atomic mass is 9.99. The second-order valence-electron chi connectivity index (χ2n) is 10.4. The Balaban J connectivity index is 1.75. The molecule has 0 saturated carbocycles. The molecule has 0 spiro atoms. The molecule has 4 atom stereocenters. The van der Waals surface area contributed by atoms with E-state index in [4.69, 9.17) is 0 Å². The van der Waals surface area contributed by atoms with Gasteiger partial charge < -0.3 is 31.5 Å². The lowest BCUT2D eigenvalue weighted by molar-refractivity contribution is -0.142. The summed E-state index contributed by atoms with van der Waals surface area (Å²) >= 11 is 0. The lowest BCUT2D eigenvalue weighted by Crippen LogP contribution is -2.58. The normalized spacial score (nSPS) is 17.2. The molecular weight excluding hydrogens is 500 g/mol. The number of amides is 3. The number of aliphatic carboxylic acids is 1. The largest absolute Gasteiger partial charge is 0.508 e. The summed E-state index contributed by atoms with van der Waals surface area (Å²) in [6.07, 6.45) is 2.04. The van der Waals surface area contributed by atoms with Gasteiger partial charge in [-0.15, -0.1) is 0 Å². The number of carboxylic acids is 1. The van der Waals surface area contributed by atoms with Gasteiger partial charge in [0.05, 0.1) is 6.04 Å². The highest BCUT2D eigenvalue weighted by Crippen LogP contribution is 2.14. The van der Waals surface area contributed by atoms with Crippen molar-refractivity contribution in [2.24, 2.45) is 5.92 Å². The van der Waals surface area contributed by atoms with Gasteiger partial charge in [-0.1, -0.05) is 56.3 Å². The first kappa shape index (κ1) is 29.6. The van der Waals surface area contributed by atoms with Gasteiger partial charge in [0.1, 0.15) is 23.9 Å². The van der Waals surface area contributed by atoms with Crippen LogP contribution in [-0.4, -0.2) is 64.6 Å². The van der Waals surface area contributed by atoms with Crippen LogP contribution in [-0.2, 0) is 32.0 Å². The number of hydrogen-bond acceptors (Lipinski definition) is 6. The fourth-order valence-electron chi connectivity index (χ4n) is 4.56. The summed E-state index contributed by atoms with van der Waals surface area (Å²) in [4.78, 5) is 51.5. The van der Waals surface area contributed by atoms with E-state index in [-0.39, 0.29) is 36.8 Å². The molecule has 0 aromatic heterocycles. The molecule has 10 heteroatoms. The molecule has 39 heavy (non-hydrogen) atoms. The Labute approximate surface area is 228 Å². The van der Waals surface area contributed by atoms with E-state index in [1.54, 1.807) is 36.4 Å². The summed E-state index contributed by atoms with van der Waals surface area (Å²) in [7, 11) is 0. The van der Waals surface area contributed by atoms with E-state index in [2.05, 4.69) is 21.3 Å². The standard InChI is InChI=1S/C29H38N4O6/c1-18(2)15-23(27(36)33-25(29(38)39)17-19-7-4-3-5-8-19)31-28(37)24(16-20-10-12-21(34)13-11-20)32-26(35)22-9-6-14-30-22/h3-5,7-8,10-13,18,22-25,30,34H,6,9,14-17H2,1-2H3,(H,31,37)(H,32,35)(H,33,36)(H,38,39). The highest BCUT2D eigenvalue weighted by Gasteiger charge is 2.32. The Morgan fingerprint density at radius 3 is 2.03 bits per heavy atom. The third kappa shape index (κ3) is 9.40. The number of aromatic hydroxyl groups is 1. The van der Waals surface area contributed by atoms with Crippen molar-refractivity contribution in [2.45, 2.75) is 70.1 Å². The average Bonchev–Trinajstić information content (AvgIpc) is 3.44. The van der Waals surface area contributed by atoms with Crippen LogP contribution in [0.15, 0.2) is 54.6 Å². The summed E-state index contributed by atoms with van der Waals surface area (Å²) in [5.41, 5.74) is 1.47. The zero-order valence-electron chi connectivity index (χ0n) is 22.4. The first-order chi connectivity index (χ1) is 18.6. The summed E-state index contributed by atoms with van der Waals surface area (Å²) in [6, 6.07) is 11.7. The van der Waals surface area contributed by atoms with Crippen molar-refractivity contribution in [3.63, 3.8) is 0 Å². The van der Waals surface area contributed by atoms with Crippen molar-refractivity contribution in [1.29, 1.82) is 0 Å². The monoisotopic (exact) mass is 538 g/mol. The Bertz CT molecular complexity index is 1120. The summed E-state index contributed by atoms with van der Waals surface area (Å²) in [5.74, 6) is -2.53. The Morgan fingerprint density at radius 1 is 0.846 bits per heavy atom. The maximum Gasteiger partial charge on any atom is 0.326 e. The third-order valence-electron chi connectivity index (χ3n) is 6.62. The van der Waals surface area contributed by atoms with E-state index in [0.717, 1.165) is 18.5 Å². The van der Waals surface area contributed by atoms with Gasteiger partial charge in [-0.3, -0.25) is 14.4 Å². The third-order valence-corrected chi connectivity index (χ3v) is 6.62. The van der Waals surface area contributed by atoms with Crippen LogP contribution in [0.4, 0.5) is 0 Å². The lowest BCUT2D eigenvalue weighted by Gasteiger charge is -2.26. The predicted octanol–water partition coefficient (Wildman–Crippen LogP) is 1.51. The number of nitrogens with one attached hydrogen (secondary N) is 4. The Kier molecular flexibility index (Phi) is 10.9. The molecule has 0 aliphatic carbocycles. The van der Waals surface area contributed by atoms with E-state index in [9.17, 15) is 29.4 Å². The van der Waals surface area contributed by atoms with Crippen LogP contribution in [0.25, 0.3) is 0 Å². The van der Waals surface area contributed by atoms with E-state index in [1.807, 2.05) is 19.9 Å². The van der Waals surface area contributed by atoms with Gasteiger partial charge in [0, 0.05) is 12.8 Å². The maximum absolute atomic E-state index is 13.5. The van der Waals surface area contributed by atoms with Crippen LogP contribution in [0.3, 0.4) is 0 Å². The molecule has 0 bridgehead atoms. The van der Waals surface area contributed by atoms with Crippen LogP contribution < -0.4 is 21.3 Å². The summed E-state index contributed by atoms with van der Waals surface area (Å²) in [5, 5.41) is 30.6. The van der Waals surface area contributed by atoms with Gasteiger partial charge in [0.25, 0.3) is 0 Å². The molecule has 0 radical (unpaired) electrons. The molecule has 10 nitrogen and oxygen atoms in total. The second kappa shape index (κ2) is 14.3. The minimum Gasteiger partial charge on any atom is -0.508 e. The molecule has 4 unspecified atom stereocenters. The number of phenolic OH excluding ortho intramolecular Hbond substituents is 1. The van der Waals surface area contributed by atoms with Crippen molar-refractivity contribution >= 4 is 23.7 Å². The zero-order chi connectivity index (χ0) is 28.4. The van der Waals surface area contributed by atoms with Gasteiger partial charge in [0.2, 0.25) is 17.7 Å². The van der Waals surface area contributed by atoms with Crippen LogP contribution in [0.2, 0.25) is 0 Å². The van der Waals surface area contributed by atoms with Gasteiger partial charge in [0.15, 0.2) is 0 Å². The highest BCUT2D eigenvalue weighted by atomic mass is 16.4. The highest BCUT2D eigenvalue weighted by molar-refractivity contribution is 5.94. The molecule has 2 aromatic carbocycles. The van der Waals surface area contributed by atoms with E-state index in [0.29, 0.717) is 12.0 Å². The van der Waals surface area contributed by atoms with Gasteiger partial charge in [-0.05, 0) is 55.0 Å². The molecule has 6 N–H and O–H groups in total. The molecule has 210 valence electrons. The smallest absolute Gasteiger partial charge is 0.326 e.